The summed E-state index contributed by atoms with van der Waals surface area (Å²) in [6.45, 7) is 3.55. The van der Waals surface area contributed by atoms with E-state index in [1.807, 2.05) is 0 Å². The maximum Gasteiger partial charge on any atom is 1.00 e. The van der Waals surface area contributed by atoms with Crippen molar-refractivity contribution < 1.29 is 54.5 Å². The van der Waals surface area contributed by atoms with Gasteiger partial charge in [0.05, 0.1) is 0 Å². The quantitative estimate of drug-likeness (QED) is 0.155. The van der Waals surface area contributed by atoms with Crippen molar-refractivity contribution in [1.82, 2.24) is 0 Å². The second kappa shape index (κ2) is 12.2. The fraction of sp³-hybridized carbons (Fsp3) is 0.583. The molecule has 0 aliphatic heterocycles. The molecule has 7 heteroatoms. The summed E-state index contributed by atoms with van der Waals surface area (Å²) in [5.41, 5.74) is 0. The molecular formula is C12H18NNaO5. The van der Waals surface area contributed by atoms with Gasteiger partial charge in [-0.3, -0.25) is 9.79 Å². The minimum Gasteiger partial charge on any atom is -0.862 e. The van der Waals surface area contributed by atoms with Gasteiger partial charge in [0.25, 0.3) is 0 Å². The van der Waals surface area contributed by atoms with Crippen molar-refractivity contribution >= 4 is 17.8 Å². The van der Waals surface area contributed by atoms with Crippen molar-refractivity contribution in [2.45, 2.75) is 44.6 Å². The predicted octanol–water partition coefficient (Wildman–Crippen LogP) is -2.19. The van der Waals surface area contributed by atoms with E-state index in [0.717, 1.165) is 12.8 Å². The van der Waals surface area contributed by atoms with Gasteiger partial charge in [0.1, 0.15) is 6.04 Å². The summed E-state index contributed by atoms with van der Waals surface area (Å²) in [6, 6.07) is -1.26. The van der Waals surface area contributed by atoms with E-state index in [1.165, 1.54) is 0 Å². The standard InChI is InChI=1S/C12H19NO5.Na/c1-2-3-4-5-6-10(14)13-9(12(17)18)7-8-11(15)16;/h2,9H,1,3-8H2,(H,13,14)(H,15,16)(H,17,18);/q;+1/p-1/t9-;/m0./s1. The summed E-state index contributed by atoms with van der Waals surface area (Å²) in [7, 11) is 0. The Morgan fingerprint density at radius 3 is 2.37 bits per heavy atom. The van der Waals surface area contributed by atoms with Gasteiger partial charge in [-0.2, -0.15) is 0 Å². The van der Waals surface area contributed by atoms with Crippen LogP contribution in [0, 0.1) is 0 Å². The fourth-order valence-electron chi connectivity index (χ4n) is 1.31. The van der Waals surface area contributed by atoms with Crippen molar-refractivity contribution in [3.63, 3.8) is 0 Å². The molecule has 0 aliphatic rings. The van der Waals surface area contributed by atoms with Gasteiger partial charge in [0.15, 0.2) is 0 Å². The van der Waals surface area contributed by atoms with Gasteiger partial charge in [-0.05, 0) is 38.0 Å². The van der Waals surface area contributed by atoms with Crippen LogP contribution in [0.4, 0.5) is 0 Å². The molecule has 0 saturated carbocycles. The van der Waals surface area contributed by atoms with Crippen molar-refractivity contribution in [3.8, 4) is 0 Å². The first kappa shape index (κ1) is 20.5. The molecule has 0 fully saturated rings. The maximum atomic E-state index is 11.4. The zero-order valence-corrected chi connectivity index (χ0v) is 13.2. The van der Waals surface area contributed by atoms with E-state index >= 15 is 0 Å². The first-order valence-electron chi connectivity index (χ1n) is 5.76. The number of rotatable bonds is 10. The Morgan fingerprint density at radius 2 is 1.89 bits per heavy atom. The monoisotopic (exact) mass is 279 g/mol. The first-order chi connectivity index (χ1) is 8.47. The predicted molar refractivity (Wildman–Crippen MR) is 64.4 cm³/mol. The molecule has 6 nitrogen and oxygen atoms in total. The molecule has 0 aromatic carbocycles. The normalized spacial score (nSPS) is 12.3. The number of aliphatic imine (C=N–C) groups is 1. The molecule has 0 amide bonds. The molecule has 0 aliphatic carbocycles. The number of aliphatic carboxylic acids is 2. The smallest absolute Gasteiger partial charge is 0.862 e. The van der Waals surface area contributed by atoms with E-state index in [0.29, 0.717) is 6.42 Å². The van der Waals surface area contributed by atoms with Gasteiger partial charge in [-0.1, -0.05) is 6.08 Å². The van der Waals surface area contributed by atoms with Crippen molar-refractivity contribution in [1.29, 1.82) is 0 Å². The molecular weight excluding hydrogens is 261 g/mol. The Morgan fingerprint density at radius 1 is 1.26 bits per heavy atom. The molecule has 0 aromatic rings. The summed E-state index contributed by atoms with van der Waals surface area (Å²) in [5, 5.41) is 28.6. The van der Waals surface area contributed by atoms with Gasteiger partial charge in [-0.25, -0.2) is 4.79 Å². The number of nitrogens with zero attached hydrogens (tertiary/aromatic N) is 1. The van der Waals surface area contributed by atoms with Crippen molar-refractivity contribution in [2.75, 3.05) is 0 Å². The molecule has 0 unspecified atom stereocenters. The van der Waals surface area contributed by atoms with Crippen LogP contribution in [0.5, 0.6) is 0 Å². The molecule has 0 spiro atoms. The third-order valence-electron chi connectivity index (χ3n) is 2.27. The Kier molecular flexibility index (Phi) is 13.1. The molecule has 0 radical (unpaired) electrons. The van der Waals surface area contributed by atoms with Crippen LogP contribution in [0.3, 0.4) is 0 Å². The molecule has 0 rings (SSSR count). The largest absolute Gasteiger partial charge is 1.00 e. The van der Waals surface area contributed by atoms with Crippen LogP contribution in [0.25, 0.3) is 0 Å². The van der Waals surface area contributed by atoms with Gasteiger partial charge in [0, 0.05) is 6.42 Å². The van der Waals surface area contributed by atoms with Crippen LogP contribution in [-0.4, -0.2) is 34.1 Å². The number of carbonyl (C=O) groups is 2. The number of unbranched alkanes of at least 4 members (excludes halogenated alkanes) is 2. The second-order valence-electron chi connectivity index (χ2n) is 3.84. The fourth-order valence-corrected chi connectivity index (χ4v) is 1.31. The summed E-state index contributed by atoms with van der Waals surface area (Å²) in [4.78, 5) is 24.6. The molecule has 19 heavy (non-hydrogen) atoms. The average Bonchev–Trinajstić information content (AvgIpc) is 2.29. The van der Waals surface area contributed by atoms with Crippen LogP contribution in [0.15, 0.2) is 17.6 Å². The number of carboxylic acid groups (broad SMARTS) is 2. The van der Waals surface area contributed by atoms with E-state index in [2.05, 4.69) is 11.6 Å². The Labute approximate surface area is 134 Å². The number of carboxylic acids is 2. The van der Waals surface area contributed by atoms with E-state index < -0.39 is 23.9 Å². The molecule has 0 bridgehead atoms. The van der Waals surface area contributed by atoms with Crippen molar-refractivity contribution in [2.24, 2.45) is 4.99 Å². The molecule has 102 valence electrons. The summed E-state index contributed by atoms with van der Waals surface area (Å²) >= 11 is 0. The Bertz CT molecular complexity index is 330. The Hall–Kier alpha value is -0.850. The van der Waals surface area contributed by atoms with Crippen LogP contribution >= 0.6 is 0 Å². The van der Waals surface area contributed by atoms with Gasteiger partial charge in [-0.15, -0.1) is 6.58 Å². The molecule has 0 aromatic heterocycles. The topological polar surface area (TPSA) is 110 Å². The third kappa shape index (κ3) is 11.9. The molecule has 2 N–H and O–H groups in total. The number of hydrogen-bond donors (Lipinski definition) is 2. The zero-order valence-electron chi connectivity index (χ0n) is 11.2. The average molecular weight is 279 g/mol. The summed E-state index contributed by atoms with van der Waals surface area (Å²) < 4.78 is 0. The minimum absolute atomic E-state index is 0. The maximum absolute atomic E-state index is 11.4. The summed E-state index contributed by atoms with van der Waals surface area (Å²) in [6.07, 6.45) is 3.68. The third-order valence-corrected chi connectivity index (χ3v) is 2.27. The van der Waals surface area contributed by atoms with Crippen LogP contribution in [0.2, 0.25) is 0 Å². The zero-order chi connectivity index (χ0) is 14.0. The summed E-state index contributed by atoms with van der Waals surface area (Å²) in [5.74, 6) is -2.86. The minimum atomic E-state index is -1.27. The van der Waals surface area contributed by atoms with Crippen LogP contribution in [0.1, 0.15) is 38.5 Å². The van der Waals surface area contributed by atoms with E-state index in [9.17, 15) is 14.7 Å². The number of allylic oxidation sites excluding steroid dienone is 1. The van der Waals surface area contributed by atoms with Crippen LogP contribution in [-0.2, 0) is 9.59 Å². The van der Waals surface area contributed by atoms with Crippen molar-refractivity contribution in [3.05, 3.63) is 12.7 Å². The first-order valence-corrected chi connectivity index (χ1v) is 5.76. The van der Waals surface area contributed by atoms with E-state index in [1.54, 1.807) is 6.08 Å². The molecule has 1 atom stereocenters. The SMILES string of the molecule is C=CCCCCC([O-])=N[C@@H](CCC(=O)O)C(=O)O.[Na+]. The van der Waals surface area contributed by atoms with Gasteiger partial charge in [0.2, 0.25) is 0 Å². The molecule has 0 heterocycles. The van der Waals surface area contributed by atoms with E-state index in [-0.39, 0.29) is 48.8 Å². The number of hydrogen-bond acceptors (Lipinski definition) is 4. The molecule has 0 saturated heterocycles. The van der Waals surface area contributed by atoms with Gasteiger partial charge >= 0.3 is 41.5 Å². The Balaban J connectivity index is 0. The van der Waals surface area contributed by atoms with E-state index in [4.69, 9.17) is 10.2 Å². The van der Waals surface area contributed by atoms with Gasteiger partial charge < -0.3 is 15.3 Å². The second-order valence-corrected chi connectivity index (χ2v) is 3.84. The van der Waals surface area contributed by atoms with Crippen LogP contribution < -0.4 is 34.7 Å².